The molecule has 1 aromatic heterocycles. The fourth-order valence-electron chi connectivity index (χ4n) is 2.17. The minimum atomic E-state index is 0.599. The molecule has 0 spiro atoms. The molecule has 1 unspecified atom stereocenters. The Hall–Kier alpha value is -1.29. The lowest BCUT2D eigenvalue weighted by atomic mass is 10.0. The smallest absolute Gasteiger partial charge is 0.146 e. The number of hydrogen-bond acceptors (Lipinski definition) is 4. The molecule has 0 aliphatic carbocycles. The van der Waals surface area contributed by atoms with Gasteiger partial charge >= 0.3 is 0 Å². The second-order valence-electron chi connectivity index (χ2n) is 4.37. The van der Waals surface area contributed by atoms with Crippen LogP contribution < -0.4 is 10.6 Å². The van der Waals surface area contributed by atoms with Crippen LogP contribution >= 0.6 is 0 Å². The first kappa shape index (κ1) is 11.2. The topological polar surface area (TPSA) is 51.4 Å². The number of hydrogen-bond donors (Lipinski definition) is 1. The Morgan fingerprint density at radius 3 is 3.19 bits per heavy atom. The third-order valence-electron chi connectivity index (χ3n) is 3.01. The molecule has 1 aliphatic rings. The van der Waals surface area contributed by atoms with Gasteiger partial charge in [0.05, 0.1) is 12.3 Å². The molecule has 1 aliphatic heterocycles. The fraction of sp³-hybridized carbons (Fsp3) is 0.583. The van der Waals surface area contributed by atoms with E-state index in [1.54, 1.807) is 6.20 Å². The predicted octanol–water partition coefficient (Wildman–Crippen LogP) is 1.53. The highest BCUT2D eigenvalue weighted by atomic mass is 16.5. The highest BCUT2D eigenvalue weighted by Gasteiger charge is 2.17. The van der Waals surface area contributed by atoms with Gasteiger partial charge in [-0.3, -0.25) is 0 Å². The predicted molar refractivity (Wildman–Crippen MR) is 65.5 cm³/mol. The largest absolute Gasteiger partial charge is 0.382 e. The molecule has 1 atom stereocenters. The molecule has 0 bridgehead atoms. The van der Waals surface area contributed by atoms with Gasteiger partial charge in [-0.1, -0.05) is 0 Å². The van der Waals surface area contributed by atoms with Crippen LogP contribution in [-0.4, -0.2) is 31.8 Å². The Kier molecular flexibility index (Phi) is 3.62. The number of aromatic nitrogens is 1. The summed E-state index contributed by atoms with van der Waals surface area (Å²) in [5.41, 5.74) is 6.85. The van der Waals surface area contributed by atoms with E-state index in [4.69, 9.17) is 10.5 Å². The maximum atomic E-state index is 5.84. The van der Waals surface area contributed by atoms with Gasteiger partial charge < -0.3 is 15.4 Å². The van der Waals surface area contributed by atoms with Crippen LogP contribution in [0.25, 0.3) is 0 Å². The van der Waals surface area contributed by atoms with Crippen molar-refractivity contribution < 1.29 is 4.74 Å². The zero-order valence-electron chi connectivity index (χ0n) is 9.72. The first-order valence-electron chi connectivity index (χ1n) is 5.76. The van der Waals surface area contributed by atoms with Gasteiger partial charge in [-0.2, -0.15) is 0 Å². The summed E-state index contributed by atoms with van der Waals surface area (Å²) in [7, 11) is 2.06. The second-order valence-corrected chi connectivity index (χ2v) is 4.37. The molecule has 1 fully saturated rings. The number of anilines is 2. The molecule has 88 valence electrons. The first-order chi connectivity index (χ1) is 7.77. The van der Waals surface area contributed by atoms with Gasteiger partial charge in [-0.05, 0) is 30.9 Å². The Morgan fingerprint density at radius 2 is 2.50 bits per heavy atom. The average Bonchev–Trinajstić information content (AvgIpc) is 2.31. The van der Waals surface area contributed by atoms with Crippen molar-refractivity contribution in [3.63, 3.8) is 0 Å². The van der Waals surface area contributed by atoms with Crippen molar-refractivity contribution in [1.82, 2.24) is 4.98 Å². The molecule has 0 amide bonds. The molecule has 2 rings (SSSR count). The van der Waals surface area contributed by atoms with Crippen LogP contribution in [0.1, 0.15) is 12.8 Å². The van der Waals surface area contributed by atoms with E-state index >= 15 is 0 Å². The van der Waals surface area contributed by atoms with Crippen molar-refractivity contribution >= 4 is 11.5 Å². The van der Waals surface area contributed by atoms with Gasteiger partial charge in [0.2, 0.25) is 0 Å². The Labute approximate surface area is 96.4 Å². The lowest BCUT2D eigenvalue weighted by Crippen LogP contribution is -2.31. The van der Waals surface area contributed by atoms with E-state index in [9.17, 15) is 0 Å². The van der Waals surface area contributed by atoms with Gasteiger partial charge in [-0.25, -0.2) is 4.98 Å². The van der Waals surface area contributed by atoms with Crippen LogP contribution in [0.4, 0.5) is 11.5 Å². The molecule has 2 N–H and O–H groups in total. The third kappa shape index (κ3) is 2.64. The Bertz CT molecular complexity index is 337. The SMILES string of the molecule is CN(CC1CCCOC1)c1cccnc1N. The summed E-state index contributed by atoms with van der Waals surface area (Å²) in [5, 5.41) is 0. The molecule has 2 heterocycles. The second kappa shape index (κ2) is 5.16. The van der Waals surface area contributed by atoms with Crippen molar-refractivity contribution in [2.24, 2.45) is 5.92 Å². The number of nitrogen functional groups attached to an aromatic ring is 1. The summed E-state index contributed by atoms with van der Waals surface area (Å²) in [5.74, 6) is 1.21. The summed E-state index contributed by atoms with van der Waals surface area (Å²) < 4.78 is 5.48. The van der Waals surface area contributed by atoms with Crippen molar-refractivity contribution in [3.8, 4) is 0 Å². The summed E-state index contributed by atoms with van der Waals surface area (Å²) in [6.45, 7) is 2.76. The van der Waals surface area contributed by atoms with Crippen molar-refractivity contribution in [2.75, 3.05) is 37.4 Å². The standard InChI is InChI=1S/C12H19N3O/c1-15(8-10-4-3-7-16-9-10)11-5-2-6-14-12(11)13/h2,5-6,10H,3-4,7-9H2,1H3,(H2,13,14). The first-order valence-corrected chi connectivity index (χ1v) is 5.76. The monoisotopic (exact) mass is 221 g/mol. The molecule has 0 aromatic carbocycles. The van der Waals surface area contributed by atoms with E-state index in [-0.39, 0.29) is 0 Å². The van der Waals surface area contributed by atoms with Crippen LogP contribution in [-0.2, 0) is 4.74 Å². The van der Waals surface area contributed by atoms with Crippen LogP contribution in [0.3, 0.4) is 0 Å². The summed E-state index contributed by atoms with van der Waals surface area (Å²) >= 11 is 0. The number of nitrogens with two attached hydrogens (primary N) is 1. The number of nitrogens with zero attached hydrogens (tertiary/aromatic N) is 2. The fourth-order valence-corrected chi connectivity index (χ4v) is 2.17. The molecule has 1 aromatic rings. The Morgan fingerprint density at radius 1 is 1.62 bits per heavy atom. The molecule has 0 radical (unpaired) electrons. The third-order valence-corrected chi connectivity index (χ3v) is 3.01. The summed E-state index contributed by atoms with van der Waals surface area (Å²) in [4.78, 5) is 6.27. The summed E-state index contributed by atoms with van der Waals surface area (Å²) in [6, 6.07) is 3.92. The van der Waals surface area contributed by atoms with E-state index in [0.717, 1.165) is 25.4 Å². The van der Waals surface area contributed by atoms with E-state index in [0.29, 0.717) is 11.7 Å². The van der Waals surface area contributed by atoms with E-state index in [1.165, 1.54) is 12.8 Å². The minimum Gasteiger partial charge on any atom is -0.382 e. The highest BCUT2D eigenvalue weighted by molar-refractivity contribution is 5.62. The lowest BCUT2D eigenvalue weighted by Gasteiger charge is -2.28. The van der Waals surface area contributed by atoms with E-state index in [2.05, 4.69) is 16.9 Å². The van der Waals surface area contributed by atoms with Gasteiger partial charge in [-0.15, -0.1) is 0 Å². The molecule has 4 heteroatoms. The molecular weight excluding hydrogens is 202 g/mol. The number of rotatable bonds is 3. The maximum absolute atomic E-state index is 5.84. The molecule has 4 nitrogen and oxygen atoms in total. The van der Waals surface area contributed by atoms with E-state index < -0.39 is 0 Å². The van der Waals surface area contributed by atoms with Crippen LogP contribution in [0.5, 0.6) is 0 Å². The van der Waals surface area contributed by atoms with Gasteiger partial charge in [0.25, 0.3) is 0 Å². The van der Waals surface area contributed by atoms with Crippen molar-refractivity contribution in [1.29, 1.82) is 0 Å². The van der Waals surface area contributed by atoms with Crippen LogP contribution in [0.15, 0.2) is 18.3 Å². The number of pyridine rings is 1. The van der Waals surface area contributed by atoms with Crippen LogP contribution in [0, 0.1) is 5.92 Å². The maximum Gasteiger partial charge on any atom is 0.146 e. The van der Waals surface area contributed by atoms with Crippen molar-refractivity contribution in [3.05, 3.63) is 18.3 Å². The van der Waals surface area contributed by atoms with Gasteiger partial charge in [0, 0.05) is 26.4 Å². The zero-order chi connectivity index (χ0) is 11.4. The molecular formula is C12H19N3O. The van der Waals surface area contributed by atoms with Gasteiger partial charge in [0.15, 0.2) is 0 Å². The molecule has 0 saturated carbocycles. The zero-order valence-corrected chi connectivity index (χ0v) is 9.72. The molecule has 1 saturated heterocycles. The highest BCUT2D eigenvalue weighted by Crippen LogP contribution is 2.22. The number of ether oxygens (including phenoxy) is 1. The van der Waals surface area contributed by atoms with E-state index in [1.807, 2.05) is 12.1 Å². The average molecular weight is 221 g/mol. The quantitative estimate of drug-likeness (QED) is 0.841. The Balaban J connectivity index is 1.96. The summed E-state index contributed by atoms with van der Waals surface area (Å²) in [6.07, 6.45) is 4.13. The minimum absolute atomic E-state index is 0.599. The molecule has 16 heavy (non-hydrogen) atoms. The normalized spacial score (nSPS) is 20.7. The van der Waals surface area contributed by atoms with Gasteiger partial charge in [0.1, 0.15) is 5.82 Å². The lowest BCUT2D eigenvalue weighted by molar-refractivity contribution is 0.0576. The van der Waals surface area contributed by atoms with Crippen LogP contribution in [0.2, 0.25) is 0 Å². The van der Waals surface area contributed by atoms with Crippen molar-refractivity contribution in [2.45, 2.75) is 12.8 Å².